The maximum atomic E-state index is 13.2. The van der Waals surface area contributed by atoms with Crippen LogP contribution >= 0.6 is 11.3 Å². The molecule has 4 heterocycles. The number of benzene rings is 1. The van der Waals surface area contributed by atoms with Gasteiger partial charge in [-0.15, -0.1) is 11.3 Å². The zero-order chi connectivity index (χ0) is 24.2. The lowest BCUT2D eigenvalue weighted by Gasteiger charge is -2.46. The molecule has 1 aliphatic carbocycles. The number of aromatic nitrogens is 4. The number of nitrogens with one attached hydrogen (secondary N) is 1. The van der Waals surface area contributed by atoms with Gasteiger partial charge in [-0.3, -0.25) is 19.6 Å². The van der Waals surface area contributed by atoms with E-state index in [-0.39, 0.29) is 23.3 Å². The van der Waals surface area contributed by atoms with Crippen LogP contribution in [0.4, 0.5) is 5.95 Å². The molecular formula is C26H26N6O2S. The van der Waals surface area contributed by atoms with E-state index < -0.39 is 0 Å². The molecule has 2 fully saturated rings. The third-order valence-corrected chi connectivity index (χ3v) is 8.40. The van der Waals surface area contributed by atoms with Crippen molar-refractivity contribution < 1.29 is 9.59 Å². The largest absolute Gasteiger partial charge is 0.339 e. The fourth-order valence-corrected chi connectivity index (χ4v) is 6.41. The van der Waals surface area contributed by atoms with Gasteiger partial charge in [0.25, 0.3) is 5.91 Å². The number of para-hydroxylation sites is 2. The first-order valence-corrected chi connectivity index (χ1v) is 12.5. The molecule has 2 aliphatic rings. The van der Waals surface area contributed by atoms with E-state index in [1.807, 2.05) is 48.5 Å². The normalized spacial score (nSPS) is 21.4. The lowest BCUT2D eigenvalue weighted by atomic mass is 9.65. The molecule has 1 spiro atoms. The van der Waals surface area contributed by atoms with Crippen LogP contribution in [0, 0.1) is 5.41 Å². The molecule has 35 heavy (non-hydrogen) atoms. The average Bonchev–Trinajstić information content (AvgIpc) is 3.61. The zero-order valence-electron chi connectivity index (χ0n) is 19.5. The van der Waals surface area contributed by atoms with Gasteiger partial charge in [-0.05, 0) is 55.0 Å². The number of nitrogens with zero attached hydrogens (tertiary/aromatic N) is 5. The lowest BCUT2D eigenvalue weighted by molar-refractivity contribution is -0.125. The van der Waals surface area contributed by atoms with Gasteiger partial charge in [-0.2, -0.15) is 5.10 Å². The molecule has 0 bridgehead atoms. The van der Waals surface area contributed by atoms with Gasteiger partial charge in [0, 0.05) is 42.8 Å². The third-order valence-electron chi connectivity index (χ3n) is 7.27. The number of aryl methyl sites for hydroxylation is 1. The van der Waals surface area contributed by atoms with Crippen molar-refractivity contribution in [3.8, 4) is 10.4 Å². The minimum Gasteiger partial charge on any atom is -0.339 e. The van der Waals surface area contributed by atoms with Crippen molar-refractivity contribution in [2.45, 2.75) is 25.3 Å². The van der Waals surface area contributed by atoms with Crippen molar-refractivity contribution in [1.29, 1.82) is 0 Å². The lowest BCUT2D eigenvalue weighted by Crippen LogP contribution is -2.42. The Bertz CT molecular complexity index is 1460. The molecular weight excluding hydrogens is 460 g/mol. The van der Waals surface area contributed by atoms with Crippen LogP contribution in [0.1, 0.15) is 35.0 Å². The Labute approximate surface area is 206 Å². The van der Waals surface area contributed by atoms with E-state index >= 15 is 0 Å². The minimum absolute atomic E-state index is 0.00737. The van der Waals surface area contributed by atoms with Crippen LogP contribution in [-0.4, -0.2) is 49.1 Å². The molecule has 0 unspecified atom stereocenters. The Balaban J connectivity index is 1.24. The molecule has 1 saturated carbocycles. The average molecular weight is 487 g/mol. The highest BCUT2D eigenvalue weighted by Crippen LogP contribution is 2.55. The Hall–Kier alpha value is -3.72. The summed E-state index contributed by atoms with van der Waals surface area (Å²) in [7, 11) is 1.88. The Kier molecular flexibility index (Phi) is 5.10. The first-order chi connectivity index (χ1) is 16.9. The first-order valence-electron chi connectivity index (χ1n) is 11.7. The molecule has 4 aromatic rings. The van der Waals surface area contributed by atoms with E-state index in [9.17, 15) is 9.59 Å². The molecule has 1 aliphatic heterocycles. The van der Waals surface area contributed by atoms with Crippen LogP contribution in [0.3, 0.4) is 0 Å². The van der Waals surface area contributed by atoms with Gasteiger partial charge in [0.15, 0.2) is 0 Å². The summed E-state index contributed by atoms with van der Waals surface area (Å²) in [6.07, 6.45) is 8.06. The van der Waals surface area contributed by atoms with Gasteiger partial charge >= 0.3 is 0 Å². The Morgan fingerprint density at radius 3 is 2.83 bits per heavy atom. The van der Waals surface area contributed by atoms with E-state index in [1.54, 1.807) is 10.9 Å². The summed E-state index contributed by atoms with van der Waals surface area (Å²) in [5.74, 6) is 0.414. The van der Waals surface area contributed by atoms with Gasteiger partial charge < -0.3 is 9.47 Å². The quantitative estimate of drug-likeness (QED) is 0.421. The molecule has 0 radical (unpaired) electrons. The molecule has 0 atom stereocenters. The van der Waals surface area contributed by atoms with Gasteiger partial charge in [0.05, 0.1) is 22.1 Å². The smallest absolute Gasteiger partial charge is 0.268 e. The second-order valence-electron chi connectivity index (χ2n) is 9.59. The number of anilines is 1. The van der Waals surface area contributed by atoms with Crippen LogP contribution < -0.4 is 5.32 Å². The highest BCUT2D eigenvalue weighted by atomic mass is 32.1. The van der Waals surface area contributed by atoms with Crippen LogP contribution in [-0.2, 0) is 11.8 Å². The molecule has 8 nitrogen and oxygen atoms in total. The number of hydrogen-bond donors (Lipinski definition) is 1. The molecule has 6 rings (SSSR count). The predicted molar refractivity (Wildman–Crippen MR) is 136 cm³/mol. The number of hydrogen-bond acceptors (Lipinski definition) is 5. The molecule has 1 N–H and O–H groups in total. The van der Waals surface area contributed by atoms with Gasteiger partial charge in [0.1, 0.15) is 0 Å². The molecule has 178 valence electrons. The van der Waals surface area contributed by atoms with Crippen molar-refractivity contribution in [2.24, 2.45) is 12.5 Å². The third kappa shape index (κ3) is 3.76. The zero-order valence-corrected chi connectivity index (χ0v) is 20.3. The fraction of sp³-hybridized carbons (Fsp3) is 0.308. The maximum Gasteiger partial charge on any atom is 0.268 e. The van der Waals surface area contributed by atoms with E-state index in [0.29, 0.717) is 10.8 Å². The molecule has 3 aromatic heterocycles. The summed E-state index contributed by atoms with van der Waals surface area (Å²) in [4.78, 5) is 33.6. The number of imidazole rings is 1. The number of carbonyl (C=O) groups excluding carboxylic acids is 2. The van der Waals surface area contributed by atoms with Crippen LogP contribution in [0.2, 0.25) is 0 Å². The van der Waals surface area contributed by atoms with Crippen LogP contribution in [0.15, 0.2) is 61.4 Å². The van der Waals surface area contributed by atoms with Crippen LogP contribution in [0.5, 0.6) is 0 Å². The summed E-state index contributed by atoms with van der Waals surface area (Å²) >= 11 is 1.44. The molecule has 2 amide bonds. The van der Waals surface area contributed by atoms with Crippen molar-refractivity contribution in [3.63, 3.8) is 0 Å². The highest BCUT2D eigenvalue weighted by Gasteiger charge is 2.50. The number of rotatable bonds is 5. The highest BCUT2D eigenvalue weighted by molar-refractivity contribution is 7.17. The SMILES string of the molecule is C=CC(=O)N1CCC2(CC(n3c(NC(=O)c4ccc(-c5cnn(C)c5)s4)nc4ccccc43)C2)C1. The second kappa shape index (κ2) is 8.20. The topological polar surface area (TPSA) is 85.0 Å². The van der Waals surface area contributed by atoms with Gasteiger partial charge in [0.2, 0.25) is 11.9 Å². The maximum absolute atomic E-state index is 13.2. The Morgan fingerprint density at radius 2 is 2.06 bits per heavy atom. The standard InChI is InChI=1S/C26H26N6O2S/c1-3-23(33)31-11-10-26(16-31)12-18(13-26)32-20-7-5-4-6-19(20)28-25(32)29-24(34)22-9-8-21(35-22)17-14-27-30(2)15-17/h3-9,14-15,18H,1,10-13,16H2,2H3,(H,28,29,34). The minimum atomic E-state index is -0.167. The fourth-order valence-electron chi connectivity index (χ4n) is 5.54. The number of thiophene rings is 1. The summed E-state index contributed by atoms with van der Waals surface area (Å²) in [6, 6.07) is 12.0. The van der Waals surface area contributed by atoms with E-state index in [0.717, 1.165) is 53.8 Å². The number of carbonyl (C=O) groups is 2. The monoisotopic (exact) mass is 486 g/mol. The summed E-state index contributed by atoms with van der Waals surface area (Å²) in [5, 5.41) is 7.29. The summed E-state index contributed by atoms with van der Waals surface area (Å²) < 4.78 is 3.92. The van der Waals surface area contributed by atoms with E-state index in [1.165, 1.54) is 17.4 Å². The molecule has 1 aromatic carbocycles. The van der Waals surface area contributed by atoms with Gasteiger partial charge in [-0.1, -0.05) is 18.7 Å². The van der Waals surface area contributed by atoms with Crippen molar-refractivity contribution in [1.82, 2.24) is 24.2 Å². The second-order valence-corrected chi connectivity index (χ2v) is 10.7. The Morgan fingerprint density at radius 1 is 1.23 bits per heavy atom. The summed E-state index contributed by atoms with van der Waals surface area (Å²) in [5.41, 5.74) is 3.01. The van der Waals surface area contributed by atoms with Crippen LogP contribution in [0.25, 0.3) is 21.5 Å². The summed E-state index contributed by atoms with van der Waals surface area (Å²) in [6.45, 7) is 5.18. The van der Waals surface area contributed by atoms with E-state index in [4.69, 9.17) is 4.98 Å². The molecule has 9 heteroatoms. The molecule has 1 saturated heterocycles. The predicted octanol–water partition coefficient (Wildman–Crippen LogP) is 4.49. The van der Waals surface area contributed by atoms with Crippen molar-refractivity contribution >= 4 is 40.1 Å². The number of fused-ring (bicyclic) bond motifs is 1. The van der Waals surface area contributed by atoms with Crippen molar-refractivity contribution in [2.75, 3.05) is 18.4 Å². The van der Waals surface area contributed by atoms with E-state index in [2.05, 4.69) is 27.6 Å². The van der Waals surface area contributed by atoms with Gasteiger partial charge in [-0.25, -0.2) is 4.98 Å². The first kappa shape index (κ1) is 21.8. The number of amides is 2. The van der Waals surface area contributed by atoms with Crippen molar-refractivity contribution in [3.05, 3.63) is 66.3 Å². The number of likely N-dealkylation sites (tertiary alicyclic amines) is 1.